The first-order chi connectivity index (χ1) is 10.1. The second-order valence-electron chi connectivity index (χ2n) is 5.09. The van der Waals surface area contributed by atoms with E-state index in [9.17, 15) is 26.4 Å². The van der Waals surface area contributed by atoms with Crippen LogP contribution in [0.5, 0.6) is 0 Å². The van der Waals surface area contributed by atoms with Gasteiger partial charge in [-0.1, -0.05) is 12.1 Å². The van der Waals surface area contributed by atoms with Crippen molar-refractivity contribution < 1.29 is 26.4 Å². The number of nitrogens with zero attached hydrogens (tertiary/aromatic N) is 1. The molecule has 1 amide bonds. The molecule has 2 rings (SSSR count). The van der Waals surface area contributed by atoms with E-state index in [2.05, 4.69) is 5.32 Å². The summed E-state index contributed by atoms with van der Waals surface area (Å²) < 4.78 is 61.3. The highest BCUT2D eigenvalue weighted by atomic mass is 32.2. The number of amides is 1. The first-order valence-corrected chi connectivity index (χ1v) is 8.02. The van der Waals surface area contributed by atoms with E-state index in [0.29, 0.717) is 13.0 Å². The lowest BCUT2D eigenvalue weighted by Gasteiger charge is -2.30. The SMILES string of the molecule is CN1CCC(Nc2ccccc2S(=O)(=O)C(F)(F)F)CC1=O. The number of carbonyl (C=O) groups excluding carboxylic acids is 1. The monoisotopic (exact) mass is 336 g/mol. The molecule has 1 fully saturated rings. The molecule has 1 unspecified atom stereocenters. The van der Waals surface area contributed by atoms with Crippen LogP contribution in [0.1, 0.15) is 12.8 Å². The summed E-state index contributed by atoms with van der Waals surface area (Å²) in [7, 11) is -3.80. The van der Waals surface area contributed by atoms with Crippen molar-refractivity contribution in [3.63, 3.8) is 0 Å². The topological polar surface area (TPSA) is 66.5 Å². The van der Waals surface area contributed by atoms with Gasteiger partial charge in [-0.25, -0.2) is 8.42 Å². The summed E-state index contributed by atoms with van der Waals surface area (Å²) in [5.74, 6) is -0.139. The highest BCUT2D eigenvalue weighted by Crippen LogP contribution is 2.34. The number of nitrogens with one attached hydrogen (secondary N) is 1. The molecule has 1 heterocycles. The van der Waals surface area contributed by atoms with Gasteiger partial charge in [-0.3, -0.25) is 4.79 Å². The first kappa shape index (κ1) is 16.6. The van der Waals surface area contributed by atoms with Crippen molar-refractivity contribution in [3.8, 4) is 0 Å². The van der Waals surface area contributed by atoms with Gasteiger partial charge in [0.05, 0.1) is 10.6 Å². The summed E-state index contributed by atoms with van der Waals surface area (Å²) in [5, 5.41) is 2.75. The van der Waals surface area contributed by atoms with Crippen molar-refractivity contribution in [3.05, 3.63) is 24.3 Å². The summed E-state index contributed by atoms with van der Waals surface area (Å²) in [6.45, 7) is 0.463. The second kappa shape index (κ2) is 5.79. The molecule has 1 aromatic rings. The van der Waals surface area contributed by atoms with Gasteiger partial charge in [-0.2, -0.15) is 13.2 Å². The Hall–Kier alpha value is -1.77. The molecular weight excluding hydrogens is 321 g/mol. The van der Waals surface area contributed by atoms with Crippen LogP contribution < -0.4 is 5.32 Å². The number of benzene rings is 1. The van der Waals surface area contributed by atoms with Crippen molar-refractivity contribution in [2.75, 3.05) is 18.9 Å². The van der Waals surface area contributed by atoms with E-state index in [1.165, 1.54) is 23.1 Å². The minimum Gasteiger partial charge on any atom is -0.381 e. The van der Waals surface area contributed by atoms with E-state index in [1.807, 2.05) is 0 Å². The molecule has 1 atom stereocenters. The Kier molecular flexibility index (Phi) is 4.37. The van der Waals surface area contributed by atoms with Crippen LogP contribution in [0.25, 0.3) is 0 Å². The van der Waals surface area contributed by atoms with Crippen molar-refractivity contribution in [2.45, 2.75) is 29.3 Å². The van der Waals surface area contributed by atoms with Gasteiger partial charge in [-0.15, -0.1) is 0 Å². The lowest BCUT2D eigenvalue weighted by Crippen LogP contribution is -2.41. The number of sulfone groups is 1. The van der Waals surface area contributed by atoms with Crippen LogP contribution in [-0.2, 0) is 14.6 Å². The molecule has 0 spiro atoms. The molecule has 0 saturated carbocycles. The normalized spacial score (nSPS) is 20.1. The number of alkyl halides is 3. The number of para-hydroxylation sites is 1. The maximum absolute atomic E-state index is 12.7. The molecular formula is C13H15F3N2O3S. The Balaban J connectivity index is 2.29. The highest BCUT2D eigenvalue weighted by Gasteiger charge is 2.48. The average Bonchev–Trinajstić information content (AvgIpc) is 2.42. The average molecular weight is 336 g/mol. The maximum Gasteiger partial charge on any atom is 0.501 e. The van der Waals surface area contributed by atoms with Gasteiger partial charge in [0.1, 0.15) is 0 Å². The zero-order valence-electron chi connectivity index (χ0n) is 11.7. The van der Waals surface area contributed by atoms with E-state index < -0.39 is 26.3 Å². The number of hydrogen-bond donors (Lipinski definition) is 1. The lowest BCUT2D eigenvalue weighted by atomic mass is 10.0. The molecule has 9 heteroatoms. The molecule has 0 bridgehead atoms. The van der Waals surface area contributed by atoms with Gasteiger partial charge in [0.2, 0.25) is 5.91 Å². The lowest BCUT2D eigenvalue weighted by molar-refractivity contribution is -0.132. The van der Waals surface area contributed by atoms with E-state index in [4.69, 9.17) is 0 Å². The predicted octanol–water partition coefficient (Wildman–Crippen LogP) is 2.01. The maximum atomic E-state index is 12.7. The standard InChI is InChI=1S/C13H15F3N2O3S/c1-18-7-6-9(8-12(18)19)17-10-4-2-3-5-11(10)22(20,21)13(14,15)16/h2-5,9,17H,6-8H2,1H3. The molecule has 1 aliphatic heterocycles. The van der Waals surface area contributed by atoms with Crippen LogP contribution in [0, 0.1) is 0 Å². The second-order valence-corrected chi connectivity index (χ2v) is 7.00. The molecule has 0 aromatic heterocycles. The summed E-state index contributed by atoms with van der Waals surface area (Å²) >= 11 is 0. The molecule has 5 nitrogen and oxygen atoms in total. The Morgan fingerprint density at radius 2 is 1.91 bits per heavy atom. The largest absolute Gasteiger partial charge is 0.501 e. The van der Waals surface area contributed by atoms with Gasteiger partial charge >= 0.3 is 5.51 Å². The van der Waals surface area contributed by atoms with E-state index >= 15 is 0 Å². The number of hydrogen-bond acceptors (Lipinski definition) is 4. The third-order valence-electron chi connectivity index (χ3n) is 3.50. The Morgan fingerprint density at radius 1 is 1.27 bits per heavy atom. The number of halogens is 3. The fourth-order valence-corrected chi connectivity index (χ4v) is 3.15. The Labute approximate surface area is 126 Å². The Bertz CT molecular complexity index is 673. The molecule has 1 N–H and O–H groups in total. The van der Waals surface area contributed by atoms with E-state index in [0.717, 1.165) is 6.07 Å². The van der Waals surface area contributed by atoms with Crippen LogP contribution >= 0.6 is 0 Å². The number of likely N-dealkylation sites (tertiary alicyclic amines) is 1. The van der Waals surface area contributed by atoms with Crippen LogP contribution in [-0.4, -0.2) is 44.4 Å². The van der Waals surface area contributed by atoms with Gasteiger partial charge in [0.15, 0.2) is 0 Å². The van der Waals surface area contributed by atoms with Crippen molar-refractivity contribution in [1.82, 2.24) is 4.90 Å². The number of rotatable bonds is 3. The first-order valence-electron chi connectivity index (χ1n) is 6.54. The van der Waals surface area contributed by atoms with Gasteiger partial charge in [-0.05, 0) is 18.6 Å². The third-order valence-corrected chi connectivity index (χ3v) is 5.05. The molecule has 0 aliphatic carbocycles. The summed E-state index contributed by atoms with van der Waals surface area (Å²) in [6.07, 6.45) is 0.638. The van der Waals surface area contributed by atoms with Crippen molar-refractivity contribution in [1.29, 1.82) is 0 Å². The number of piperidine rings is 1. The van der Waals surface area contributed by atoms with Crippen molar-refractivity contribution >= 4 is 21.4 Å². The summed E-state index contributed by atoms with van der Waals surface area (Å²) in [5.41, 5.74) is -5.50. The van der Waals surface area contributed by atoms with Crippen LogP contribution in [0.4, 0.5) is 18.9 Å². The fraction of sp³-hybridized carbons (Fsp3) is 0.462. The highest BCUT2D eigenvalue weighted by molar-refractivity contribution is 7.92. The number of carbonyl (C=O) groups is 1. The molecule has 1 saturated heterocycles. The van der Waals surface area contributed by atoms with E-state index in [1.54, 1.807) is 7.05 Å². The van der Waals surface area contributed by atoms with Crippen LogP contribution in [0.15, 0.2) is 29.2 Å². The predicted molar refractivity (Wildman–Crippen MR) is 74.0 cm³/mol. The van der Waals surface area contributed by atoms with Gasteiger partial charge < -0.3 is 10.2 Å². The number of anilines is 1. The quantitative estimate of drug-likeness (QED) is 0.917. The van der Waals surface area contributed by atoms with Gasteiger partial charge in [0.25, 0.3) is 9.84 Å². The third kappa shape index (κ3) is 3.18. The van der Waals surface area contributed by atoms with Crippen LogP contribution in [0.2, 0.25) is 0 Å². The zero-order chi connectivity index (χ0) is 16.5. The minimum absolute atomic E-state index is 0.108. The summed E-state index contributed by atoms with van der Waals surface area (Å²) in [4.78, 5) is 12.3. The molecule has 122 valence electrons. The zero-order valence-corrected chi connectivity index (χ0v) is 12.5. The van der Waals surface area contributed by atoms with E-state index in [-0.39, 0.29) is 18.0 Å². The van der Waals surface area contributed by atoms with Crippen molar-refractivity contribution in [2.24, 2.45) is 0 Å². The molecule has 1 aromatic carbocycles. The molecule has 22 heavy (non-hydrogen) atoms. The molecule has 0 radical (unpaired) electrons. The molecule has 1 aliphatic rings. The smallest absolute Gasteiger partial charge is 0.381 e. The van der Waals surface area contributed by atoms with Gasteiger partial charge in [0, 0.05) is 26.1 Å². The Morgan fingerprint density at radius 3 is 2.50 bits per heavy atom. The van der Waals surface area contributed by atoms with Crippen LogP contribution in [0.3, 0.4) is 0 Å². The summed E-state index contributed by atoms with van der Waals surface area (Å²) in [6, 6.07) is 4.44. The fourth-order valence-electron chi connectivity index (χ4n) is 2.23. The minimum atomic E-state index is -5.44.